The summed E-state index contributed by atoms with van der Waals surface area (Å²) in [6, 6.07) is 25.4. The van der Waals surface area contributed by atoms with E-state index in [1.54, 1.807) is 4.90 Å². The number of nitrogens with zero attached hydrogens (tertiary/aromatic N) is 1. The fraction of sp³-hybridized carbons (Fsp3) is 0.429. The molecule has 1 atom stereocenters. The lowest BCUT2D eigenvalue weighted by Crippen LogP contribution is -2.53. The number of benzene rings is 3. The van der Waals surface area contributed by atoms with Gasteiger partial charge in [-0.15, -0.1) is 0 Å². The van der Waals surface area contributed by atoms with E-state index in [0.717, 1.165) is 42.4 Å². The molecule has 5 heteroatoms. The number of hydrogen-bond donors (Lipinski definition) is 1. The molecule has 3 aromatic carbocycles. The Balaban J connectivity index is 1.59. The Kier molecular flexibility index (Phi) is 10.0. The minimum atomic E-state index is -0.650. The Morgan fingerprint density at radius 2 is 1.55 bits per heavy atom. The van der Waals surface area contributed by atoms with Gasteiger partial charge in [0.15, 0.2) is 6.61 Å². The van der Waals surface area contributed by atoms with Crippen LogP contribution in [0.25, 0.3) is 0 Å². The molecular formula is C35H44N2O3. The highest BCUT2D eigenvalue weighted by Gasteiger charge is 2.32. The van der Waals surface area contributed by atoms with E-state index >= 15 is 0 Å². The van der Waals surface area contributed by atoms with E-state index in [1.807, 2.05) is 85.8 Å². The maximum absolute atomic E-state index is 13.9. The number of hydrogen-bond acceptors (Lipinski definition) is 3. The fourth-order valence-electron chi connectivity index (χ4n) is 5.35. The highest BCUT2D eigenvalue weighted by molar-refractivity contribution is 5.88. The molecule has 0 bridgehead atoms. The molecule has 40 heavy (non-hydrogen) atoms. The number of nitrogens with one attached hydrogen (secondary N) is 1. The first kappa shape index (κ1) is 29.4. The van der Waals surface area contributed by atoms with E-state index in [4.69, 9.17) is 4.74 Å². The molecule has 3 aromatic rings. The third kappa shape index (κ3) is 8.20. The molecular weight excluding hydrogens is 496 g/mol. The lowest BCUT2D eigenvalue weighted by atomic mass is 9.87. The molecule has 1 aliphatic carbocycles. The number of aryl methyl sites for hydroxylation is 1. The Morgan fingerprint density at radius 3 is 2.20 bits per heavy atom. The van der Waals surface area contributed by atoms with Crippen molar-refractivity contribution >= 4 is 11.8 Å². The third-order valence-corrected chi connectivity index (χ3v) is 7.91. The topological polar surface area (TPSA) is 58.6 Å². The van der Waals surface area contributed by atoms with Gasteiger partial charge in [-0.3, -0.25) is 9.59 Å². The molecule has 1 fully saturated rings. The molecule has 0 heterocycles. The second-order valence-corrected chi connectivity index (χ2v) is 12.1. The van der Waals surface area contributed by atoms with Crippen molar-refractivity contribution in [2.24, 2.45) is 0 Å². The molecule has 0 spiro atoms. The lowest BCUT2D eigenvalue weighted by Gasteiger charge is -2.33. The van der Waals surface area contributed by atoms with Gasteiger partial charge in [-0.05, 0) is 59.6 Å². The molecule has 5 nitrogen and oxygen atoms in total. The number of ether oxygens (including phenoxy) is 1. The second kappa shape index (κ2) is 13.6. The van der Waals surface area contributed by atoms with Crippen molar-refractivity contribution in [3.05, 3.63) is 101 Å². The Bertz CT molecular complexity index is 1240. The van der Waals surface area contributed by atoms with Gasteiger partial charge >= 0.3 is 0 Å². The predicted molar refractivity (Wildman–Crippen MR) is 161 cm³/mol. The molecule has 212 valence electrons. The van der Waals surface area contributed by atoms with Crippen molar-refractivity contribution in [1.29, 1.82) is 0 Å². The molecule has 4 rings (SSSR count). The average Bonchev–Trinajstić information content (AvgIpc) is 2.95. The van der Waals surface area contributed by atoms with Gasteiger partial charge < -0.3 is 15.0 Å². The van der Waals surface area contributed by atoms with Gasteiger partial charge in [0.2, 0.25) is 5.91 Å². The number of carbonyl (C=O) groups is 2. The molecule has 2 amide bonds. The standard InChI is InChI=1S/C35H44N2O3/c1-26-13-11-12-16-28(26)24-37(33(38)25-40-31-21-19-29(20-22-31)35(2,3)4)32(23-27-14-7-5-8-15-27)34(39)36-30-17-9-6-10-18-30/h5,7-8,11-16,19-22,30,32H,6,9-10,17-18,23-25H2,1-4H3,(H,36,39)/t32-/m0/s1. The molecule has 1 aliphatic rings. The van der Waals surface area contributed by atoms with Gasteiger partial charge in [-0.2, -0.15) is 0 Å². The van der Waals surface area contributed by atoms with Crippen molar-refractivity contribution in [1.82, 2.24) is 10.2 Å². The zero-order chi connectivity index (χ0) is 28.5. The van der Waals surface area contributed by atoms with E-state index in [-0.39, 0.29) is 29.9 Å². The summed E-state index contributed by atoms with van der Waals surface area (Å²) >= 11 is 0. The van der Waals surface area contributed by atoms with Crippen LogP contribution in [0.5, 0.6) is 5.75 Å². The van der Waals surface area contributed by atoms with Crippen LogP contribution >= 0.6 is 0 Å². The molecule has 0 radical (unpaired) electrons. The Labute approximate surface area is 239 Å². The summed E-state index contributed by atoms with van der Waals surface area (Å²) in [4.78, 5) is 29.5. The van der Waals surface area contributed by atoms with Gasteiger partial charge in [-0.25, -0.2) is 0 Å². The average molecular weight is 541 g/mol. The zero-order valence-corrected chi connectivity index (χ0v) is 24.5. The van der Waals surface area contributed by atoms with E-state index in [0.29, 0.717) is 18.7 Å². The van der Waals surface area contributed by atoms with Crippen LogP contribution in [0.1, 0.15) is 75.1 Å². The highest BCUT2D eigenvalue weighted by atomic mass is 16.5. The van der Waals surface area contributed by atoms with Crippen LogP contribution < -0.4 is 10.1 Å². The number of amides is 2. The molecule has 1 N–H and O–H groups in total. The number of carbonyl (C=O) groups excluding carboxylic acids is 2. The van der Waals surface area contributed by atoms with Crippen molar-refractivity contribution in [2.45, 2.75) is 90.3 Å². The van der Waals surface area contributed by atoms with Crippen molar-refractivity contribution in [2.75, 3.05) is 6.61 Å². The van der Waals surface area contributed by atoms with Crippen LogP contribution in [0.4, 0.5) is 0 Å². The normalized spacial score (nSPS) is 14.8. The van der Waals surface area contributed by atoms with Crippen molar-refractivity contribution in [3.8, 4) is 5.75 Å². The summed E-state index contributed by atoms with van der Waals surface area (Å²) in [5.41, 5.74) is 4.37. The van der Waals surface area contributed by atoms with Gasteiger partial charge in [-0.1, -0.05) is 107 Å². The molecule has 0 unspecified atom stereocenters. The third-order valence-electron chi connectivity index (χ3n) is 7.91. The van der Waals surface area contributed by atoms with Crippen LogP contribution in [-0.4, -0.2) is 35.4 Å². The molecule has 0 saturated heterocycles. The van der Waals surface area contributed by atoms with Crippen LogP contribution in [0, 0.1) is 6.92 Å². The zero-order valence-electron chi connectivity index (χ0n) is 24.5. The second-order valence-electron chi connectivity index (χ2n) is 12.1. The van der Waals surface area contributed by atoms with E-state index in [9.17, 15) is 9.59 Å². The summed E-state index contributed by atoms with van der Waals surface area (Å²) in [6.45, 7) is 8.75. The van der Waals surface area contributed by atoms with E-state index < -0.39 is 6.04 Å². The first-order valence-corrected chi connectivity index (χ1v) is 14.6. The van der Waals surface area contributed by atoms with Gasteiger partial charge in [0, 0.05) is 19.0 Å². The largest absolute Gasteiger partial charge is 0.484 e. The summed E-state index contributed by atoms with van der Waals surface area (Å²) in [7, 11) is 0. The maximum Gasteiger partial charge on any atom is 0.261 e. The smallest absolute Gasteiger partial charge is 0.261 e. The van der Waals surface area contributed by atoms with Crippen LogP contribution in [0.3, 0.4) is 0 Å². The molecule has 0 aliphatic heterocycles. The monoisotopic (exact) mass is 540 g/mol. The Hall–Kier alpha value is -3.60. The van der Waals surface area contributed by atoms with E-state index in [1.165, 1.54) is 12.0 Å². The minimum absolute atomic E-state index is 0.0368. The maximum atomic E-state index is 13.9. The van der Waals surface area contributed by atoms with Crippen molar-refractivity contribution in [3.63, 3.8) is 0 Å². The first-order valence-electron chi connectivity index (χ1n) is 14.6. The summed E-state index contributed by atoms with van der Waals surface area (Å²) in [5.74, 6) is 0.346. The fourth-order valence-corrected chi connectivity index (χ4v) is 5.35. The number of rotatable bonds is 10. The summed E-state index contributed by atoms with van der Waals surface area (Å²) < 4.78 is 5.99. The quantitative estimate of drug-likeness (QED) is 0.309. The lowest BCUT2D eigenvalue weighted by molar-refractivity contribution is -0.143. The van der Waals surface area contributed by atoms with Gasteiger partial charge in [0.1, 0.15) is 11.8 Å². The van der Waals surface area contributed by atoms with E-state index in [2.05, 4.69) is 26.1 Å². The molecule has 1 saturated carbocycles. The van der Waals surface area contributed by atoms with Gasteiger partial charge in [0.25, 0.3) is 5.91 Å². The van der Waals surface area contributed by atoms with Crippen LogP contribution in [0.2, 0.25) is 0 Å². The van der Waals surface area contributed by atoms with Crippen LogP contribution in [0.15, 0.2) is 78.9 Å². The summed E-state index contributed by atoms with van der Waals surface area (Å²) in [6.07, 6.45) is 5.89. The van der Waals surface area contributed by atoms with Gasteiger partial charge in [0.05, 0.1) is 0 Å². The minimum Gasteiger partial charge on any atom is -0.484 e. The Morgan fingerprint density at radius 1 is 0.900 bits per heavy atom. The molecule has 0 aromatic heterocycles. The predicted octanol–water partition coefficient (Wildman–Crippen LogP) is 6.76. The van der Waals surface area contributed by atoms with Crippen LogP contribution in [-0.2, 0) is 28.0 Å². The van der Waals surface area contributed by atoms with Crippen molar-refractivity contribution < 1.29 is 14.3 Å². The first-order chi connectivity index (χ1) is 19.2. The SMILES string of the molecule is Cc1ccccc1CN(C(=O)COc1ccc(C(C)(C)C)cc1)[C@@H](Cc1ccccc1)C(=O)NC1CCCCC1. The summed E-state index contributed by atoms with van der Waals surface area (Å²) in [5, 5.41) is 3.30. The highest BCUT2D eigenvalue weighted by Crippen LogP contribution is 2.25.